The van der Waals surface area contributed by atoms with Gasteiger partial charge in [-0.1, -0.05) is 0 Å². The SMILES string of the molecule is CN(CC1CCCN1C)c1ccc(CCl)nn1. The Labute approximate surface area is 108 Å². The van der Waals surface area contributed by atoms with E-state index >= 15 is 0 Å². The zero-order valence-corrected chi connectivity index (χ0v) is 11.2. The third kappa shape index (κ3) is 3.07. The largest absolute Gasteiger partial charge is 0.357 e. The van der Waals surface area contributed by atoms with Crippen LogP contribution in [0, 0.1) is 0 Å². The minimum atomic E-state index is 0.419. The van der Waals surface area contributed by atoms with Crippen LogP contribution >= 0.6 is 11.6 Å². The van der Waals surface area contributed by atoms with Gasteiger partial charge in [0.05, 0.1) is 11.6 Å². The molecule has 0 saturated carbocycles. The monoisotopic (exact) mass is 254 g/mol. The molecule has 2 rings (SSSR count). The quantitative estimate of drug-likeness (QED) is 0.767. The number of anilines is 1. The smallest absolute Gasteiger partial charge is 0.151 e. The number of aromatic nitrogens is 2. The standard InChI is InChI=1S/C12H19ClN4/c1-16-7-3-4-11(16)9-17(2)12-6-5-10(8-13)14-15-12/h5-6,11H,3-4,7-9H2,1-2H3. The van der Waals surface area contributed by atoms with Crippen molar-refractivity contribution in [3.8, 4) is 0 Å². The van der Waals surface area contributed by atoms with Crippen LogP contribution in [-0.4, -0.2) is 48.3 Å². The van der Waals surface area contributed by atoms with E-state index in [1.165, 1.54) is 19.4 Å². The minimum absolute atomic E-state index is 0.419. The molecule has 1 fully saturated rings. The fourth-order valence-corrected chi connectivity index (χ4v) is 2.39. The first kappa shape index (κ1) is 12.6. The molecule has 1 aromatic heterocycles. The Morgan fingerprint density at radius 3 is 2.82 bits per heavy atom. The predicted octanol–water partition coefficient (Wildman–Crippen LogP) is 1.75. The highest BCUT2D eigenvalue weighted by atomic mass is 35.5. The molecule has 2 heterocycles. The summed E-state index contributed by atoms with van der Waals surface area (Å²) in [6.45, 7) is 2.21. The Balaban J connectivity index is 1.96. The van der Waals surface area contributed by atoms with E-state index in [1.807, 2.05) is 12.1 Å². The lowest BCUT2D eigenvalue weighted by Crippen LogP contribution is -2.37. The third-order valence-electron chi connectivity index (χ3n) is 3.39. The molecule has 0 N–H and O–H groups in total. The Bertz CT molecular complexity index is 354. The van der Waals surface area contributed by atoms with E-state index < -0.39 is 0 Å². The average Bonchev–Trinajstić information content (AvgIpc) is 2.75. The highest BCUT2D eigenvalue weighted by Gasteiger charge is 2.22. The van der Waals surface area contributed by atoms with E-state index in [2.05, 4.69) is 34.1 Å². The van der Waals surface area contributed by atoms with Gasteiger partial charge < -0.3 is 9.80 Å². The molecule has 1 unspecified atom stereocenters. The van der Waals surface area contributed by atoms with Gasteiger partial charge in [-0.05, 0) is 38.6 Å². The van der Waals surface area contributed by atoms with Gasteiger partial charge in [0, 0.05) is 19.6 Å². The number of hydrogen-bond acceptors (Lipinski definition) is 4. The minimum Gasteiger partial charge on any atom is -0.357 e. The molecule has 17 heavy (non-hydrogen) atoms. The summed E-state index contributed by atoms with van der Waals surface area (Å²) >= 11 is 5.69. The van der Waals surface area contributed by atoms with Crippen molar-refractivity contribution in [3.63, 3.8) is 0 Å². The lowest BCUT2D eigenvalue weighted by Gasteiger charge is -2.26. The Morgan fingerprint density at radius 2 is 2.29 bits per heavy atom. The number of alkyl halides is 1. The van der Waals surface area contributed by atoms with Crippen molar-refractivity contribution in [1.29, 1.82) is 0 Å². The summed E-state index contributed by atoms with van der Waals surface area (Å²) in [4.78, 5) is 4.58. The highest BCUT2D eigenvalue weighted by molar-refractivity contribution is 6.16. The number of likely N-dealkylation sites (tertiary alicyclic amines) is 1. The first-order valence-corrected chi connectivity index (χ1v) is 6.54. The lowest BCUT2D eigenvalue weighted by molar-refractivity contribution is 0.314. The summed E-state index contributed by atoms with van der Waals surface area (Å²) in [6.07, 6.45) is 2.57. The summed E-state index contributed by atoms with van der Waals surface area (Å²) in [7, 11) is 4.25. The van der Waals surface area contributed by atoms with Gasteiger partial charge in [0.25, 0.3) is 0 Å². The molecule has 5 heteroatoms. The molecular formula is C12H19ClN4. The topological polar surface area (TPSA) is 32.3 Å². The van der Waals surface area contributed by atoms with Gasteiger partial charge in [0.2, 0.25) is 0 Å². The van der Waals surface area contributed by atoms with Crippen LogP contribution < -0.4 is 4.90 Å². The van der Waals surface area contributed by atoms with Crippen molar-refractivity contribution in [1.82, 2.24) is 15.1 Å². The number of hydrogen-bond donors (Lipinski definition) is 0. The molecule has 1 aliphatic rings. The van der Waals surface area contributed by atoms with Crippen LogP contribution in [0.3, 0.4) is 0 Å². The van der Waals surface area contributed by atoms with Crippen molar-refractivity contribution >= 4 is 17.4 Å². The Hall–Kier alpha value is -0.870. The molecule has 1 aromatic rings. The van der Waals surface area contributed by atoms with Crippen molar-refractivity contribution in [2.45, 2.75) is 24.8 Å². The second kappa shape index (κ2) is 5.65. The van der Waals surface area contributed by atoms with Crippen LogP contribution in [0.5, 0.6) is 0 Å². The second-order valence-corrected chi connectivity index (χ2v) is 4.94. The zero-order chi connectivity index (χ0) is 12.3. The zero-order valence-electron chi connectivity index (χ0n) is 10.4. The molecule has 94 valence electrons. The molecule has 0 aromatic carbocycles. The van der Waals surface area contributed by atoms with Crippen molar-refractivity contribution in [3.05, 3.63) is 17.8 Å². The normalized spacial score (nSPS) is 20.8. The van der Waals surface area contributed by atoms with Crippen molar-refractivity contribution in [2.24, 2.45) is 0 Å². The van der Waals surface area contributed by atoms with Crippen molar-refractivity contribution < 1.29 is 0 Å². The fraction of sp³-hybridized carbons (Fsp3) is 0.667. The molecule has 1 aliphatic heterocycles. The number of likely N-dealkylation sites (N-methyl/N-ethyl adjacent to an activating group) is 2. The van der Waals surface area contributed by atoms with E-state index in [9.17, 15) is 0 Å². The molecule has 0 spiro atoms. The number of nitrogens with zero attached hydrogens (tertiary/aromatic N) is 4. The molecule has 1 atom stereocenters. The van der Waals surface area contributed by atoms with E-state index in [4.69, 9.17) is 11.6 Å². The summed E-state index contributed by atoms with van der Waals surface area (Å²) in [5, 5.41) is 8.26. The molecule has 0 bridgehead atoms. The van der Waals surface area contributed by atoms with Crippen LogP contribution in [0.2, 0.25) is 0 Å². The molecular weight excluding hydrogens is 236 g/mol. The highest BCUT2D eigenvalue weighted by Crippen LogP contribution is 2.17. The van der Waals surface area contributed by atoms with E-state index in [0.29, 0.717) is 11.9 Å². The molecule has 0 amide bonds. The van der Waals surface area contributed by atoms with Crippen LogP contribution in [0.1, 0.15) is 18.5 Å². The van der Waals surface area contributed by atoms with Gasteiger partial charge in [-0.2, -0.15) is 5.10 Å². The first-order chi connectivity index (χ1) is 8.20. The van der Waals surface area contributed by atoms with Gasteiger partial charge in [0.1, 0.15) is 0 Å². The van der Waals surface area contributed by atoms with E-state index in [1.54, 1.807) is 0 Å². The maximum atomic E-state index is 5.69. The fourth-order valence-electron chi connectivity index (χ4n) is 2.25. The Morgan fingerprint density at radius 1 is 1.47 bits per heavy atom. The average molecular weight is 255 g/mol. The lowest BCUT2D eigenvalue weighted by atomic mass is 10.2. The molecule has 4 nitrogen and oxygen atoms in total. The van der Waals surface area contributed by atoms with Gasteiger partial charge in [-0.3, -0.25) is 0 Å². The van der Waals surface area contributed by atoms with E-state index in [0.717, 1.165) is 18.1 Å². The van der Waals surface area contributed by atoms with Gasteiger partial charge in [0.15, 0.2) is 5.82 Å². The summed E-state index contributed by atoms with van der Waals surface area (Å²) in [5.41, 5.74) is 0.821. The molecule has 0 radical (unpaired) electrons. The first-order valence-electron chi connectivity index (χ1n) is 6.00. The predicted molar refractivity (Wildman–Crippen MR) is 70.5 cm³/mol. The van der Waals surface area contributed by atoms with Crippen LogP contribution in [0.4, 0.5) is 5.82 Å². The van der Waals surface area contributed by atoms with Crippen molar-refractivity contribution in [2.75, 3.05) is 32.1 Å². The number of halogens is 1. The summed E-state index contributed by atoms with van der Waals surface area (Å²) in [6, 6.07) is 4.55. The molecule has 0 aliphatic carbocycles. The van der Waals surface area contributed by atoms with Gasteiger partial charge in [-0.15, -0.1) is 16.7 Å². The summed E-state index contributed by atoms with van der Waals surface area (Å²) < 4.78 is 0. The third-order valence-corrected chi connectivity index (χ3v) is 3.66. The second-order valence-electron chi connectivity index (χ2n) is 4.67. The number of rotatable bonds is 4. The van der Waals surface area contributed by atoms with Crippen LogP contribution in [-0.2, 0) is 5.88 Å². The summed E-state index contributed by atoms with van der Waals surface area (Å²) in [5.74, 6) is 1.33. The van der Waals surface area contributed by atoms with Crippen LogP contribution in [0.15, 0.2) is 12.1 Å². The van der Waals surface area contributed by atoms with Gasteiger partial charge >= 0.3 is 0 Å². The Kier molecular flexibility index (Phi) is 4.18. The van der Waals surface area contributed by atoms with E-state index in [-0.39, 0.29) is 0 Å². The van der Waals surface area contributed by atoms with Gasteiger partial charge in [-0.25, -0.2) is 0 Å². The maximum Gasteiger partial charge on any atom is 0.151 e. The maximum absolute atomic E-state index is 5.69. The van der Waals surface area contributed by atoms with Crippen LogP contribution in [0.25, 0.3) is 0 Å². The molecule has 1 saturated heterocycles.